The first-order valence-corrected chi connectivity index (χ1v) is 5.83. The Bertz CT molecular complexity index is 350. The number of carbonyl (C=O) groups excluding carboxylic acids is 1. The summed E-state index contributed by atoms with van der Waals surface area (Å²) in [6, 6.07) is 10.6. The molecule has 0 aromatic heterocycles. The standard InChI is InChI=1S/C13H18N2O/c1-2-12-9-15(10-13(16)14-12)8-11-6-4-3-5-7-11/h3-7,12H,2,8-10H2,1H3,(H,14,16). The van der Waals surface area contributed by atoms with Gasteiger partial charge in [-0.2, -0.15) is 0 Å². The van der Waals surface area contributed by atoms with Crippen molar-refractivity contribution in [1.82, 2.24) is 10.2 Å². The molecule has 1 heterocycles. The molecule has 1 aliphatic heterocycles. The maximum Gasteiger partial charge on any atom is 0.234 e. The second-order valence-corrected chi connectivity index (χ2v) is 4.33. The van der Waals surface area contributed by atoms with E-state index in [1.54, 1.807) is 0 Å². The molecule has 0 aliphatic carbocycles. The van der Waals surface area contributed by atoms with Gasteiger partial charge >= 0.3 is 0 Å². The summed E-state index contributed by atoms with van der Waals surface area (Å²) < 4.78 is 0. The molecule has 3 heteroatoms. The molecule has 0 bridgehead atoms. The van der Waals surface area contributed by atoms with E-state index in [2.05, 4.69) is 29.3 Å². The maximum absolute atomic E-state index is 11.5. The SMILES string of the molecule is CCC1CN(Cc2ccccc2)CC(=O)N1. The number of nitrogens with zero attached hydrogens (tertiary/aromatic N) is 1. The van der Waals surface area contributed by atoms with E-state index in [0.717, 1.165) is 19.5 Å². The van der Waals surface area contributed by atoms with Gasteiger partial charge in [-0.05, 0) is 12.0 Å². The summed E-state index contributed by atoms with van der Waals surface area (Å²) >= 11 is 0. The summed E-state index contributed by atoms with van der Waals surface area (Å²) in [6.07, 6.45) is 0.997. The fraction of sp³-hybridized carbons (Fsp3) is 0.462. The average Bonchev–Trinajstić information content (AvgIpc) is 2.29. The topological polar surface area (TPSA) is 32.3 Å². The van der Waals surface area contributed by atoms with Crippen LogP contribution in [0.1, 0.15) is 18.9 Å². The first kappa shape index (κ1) is 11.1. The number of hydrogen-bond donors (Lipinski definition) is 1. The van der Waals surface area contributed by atoms with Gasteiger partial charge in [0.1, 0.15) is 0 Å². The quantitative estimate of drug-likeness (QED) is 0.831. The van der Waals surface area contributed by atoms with Gasteiger partial charge in [-0.3, -0.25) is 9.69 Å². The van der Waals surface area contributed by atoms with E-state index in [9.17, 15) is 4.79 Å². The molecule has 1 atom stereocenters. The van der Waals surface area contributed by atoms with Crippen LogP contribution in [0.15, 0.2) is 30.3 Å². The van der Waals surface area contributed by atoms with Crippen LogP contribution < -0.4 is 5.32 Å². The van der Waals surface area contributed by atoms with Gasteiger partial charge in [-0.15, -0.1) is 0 Å². The van der Waals surface area contributed by atoms with Gasteiger partial charge < -0.3 is 5.32 Å². The smallest absolute Gasteiger partial charge is 0.234 e. The molecule has 3 nitrogen and oxygen atoms in total. The molecular weight excluding hydrogens is 200 g/mol. The minimum Gasteiger partial charge on any atom is -0.351 e. The van der Waals surface area contributed by atoms with E-state index in [-0.39, 0.29) is 5.91 Å². The average molecular weight is 218 g/mol. The highest BCUT2D eigenvalue weighted by molar-refractivity contribution is 5.79. The van der Waals surface area contributed by atoms with Crippen LogP contribution in [0.3, 0.4) is 0 Å². The molecule has 1 unspecified atom stereocenters. The van der Waals surface area contributed by atoms with Crippen molar-refractivity contribution in [3.05, 3.63) is 35.9 Å². The molecule has 1 aromatic rings. The molecule has 0 radical (unpaired) electrons. The Morgan fingerprint density at radius 1 is 1.38 bits per heavy atom. The molecular formula is C13H18N2O. The Balaban J connectivity index is 1.97. The predicted octanol–water partition coefficient (Wildman–Crippen LogP) is 1.40. The van der Waals surface area contributed by atoms with Crippen molar-refractivity contribution in [2.24, 2.45) is 0 Å². The first-order chi connectivity index (χ1) is 7.78. The lowest BCUT2D eigenvalue weighted by atomic mass is 10.1. The molecule has 16 heavy (non-hydrogen) atoms. The number of nitrogens with one attached hydrogen (secondary N) is 1. The summed E-state index contributed by atoms with van der Waals surface area (Å²) in [5.74, 6) is 0.147. The van der Waals surface area contributed by atoms with E-state index >= 15 is 0 Å². The van der Waals surface area contributed by atoms with Gasteiger partial charge in [0.2, 0.25) is 5.91 Å². The summed E-state index contributed by atoms with van der Waals surface area (Å²) in [5.41, 5.74) is 1.27. The van der Waals surface area contributed by atoms with E-state index < -0.39 is 0 Å². The van der Waals surface area contributed by atoms with E-state index in [1.807, 2.05) is 18.2 Å². The number of rotatable bonds is 3. The lowest BCUT2D eigenvalue weighted by Gasteiger charge is -2.32. The van der Waals surface area contributed by atoms with Crippen LogP contribution >= 0.6 is 0 Å². The van der Waals surface area contributed by atoms with Crippen LogP contribution in [0.25, 0.3) is 0 Å². The lowest BCUT2D eigenvalue weighted by molar-refractivity contribution is -0.125. The van der Waals surface area contributed by atoms with Crippen LogP contribution in [0.4, 0.5) is 0 Å². The van der Waals surface area contributed by atoms with Crippen molar-refractivity contribution in [2.45, 2.75) is 25.9 Å². The Labute approximate surface area is 96.5 Å². The van der Waals surface area contributed by atoms with Gasteiger partial charge in [0.05, 0.1) is 6.54 Å². The van der Waals surface area contributed by atoms with Gasteiger partial charge in [0.25, 0.3) is 0 Å². The van der Waals surface area contributed by atoms with Crippen LogP contribution in [-0.4, -0.2) is 29.9 Å². The molecule has 1 N–H and O–H groups in total. The highest BCUT2D eigenvalue weighted by atomic mass is 16.2. The molecule has 0 spiro atoms. The summed E-state index contributed by atoms with van der Waals surface area (Å²) in [5, 5.41) is 3.00. The highest BCUT2D eigenvalue weighted by Gasteiger charge is 2.22. The molecule has 1 aromatic carbocycles. The normalized spacial score (nSPS) is 21.8. The van der Waals surface area contributed by atoms with Crippen molar-refractivity contribution < 1.29 is 4.79 Å². The minimum atomic E-state index is 0.147. The fourth-order valence-corrected chi connectivity index (χ4v) is 2.09. The zero-order chi connectivity index (χ0) is 11.4. The Morgan fingerprint density at radius 2 is 2.12 bits per heavy atom. The van der Waals surface area contributed by atoms with E-state index in [4.69, 9.17) is 0 Å². The monoisotopic (exact) mass is 218 g/mol. The molecule has 2 rings (SSSR count). The van der Waals surface area contributed by atoms with Crippen LogP contribution in [0.5, 0.6) is 0 Å². The van der Waals surface area contributed by atoms with Crippen molar-refractivity contribution in [3.8, 4) is 0 Å². The van der Waals surface area contributed by atoms with Gasteiger partial charge in [-0.25, -0.2) is 0 Å². The number of hydrogen-bond acceptors (Lipinski definition) is 2. The first-order valence-electron chi connectivity index (χ1n) is 5.83. The molecule has 1 amide bonds. The van der Waals surface area contributed by atoms with Crippen LogP contribution in [-0.2, 0) is 11.3 Å². The maximum atomic E-state index is 11.5. The van der Waals surface area contributed by atoms with Crippen LogP contribution in [0.2, 0.25) is 0 Å². The second-order valence-electron chi connectivity index (χ2n) is 4.33. The molecule has 0 saturated carbocycles. The molecule has 86 valence electrons. The number of benzene rings is 1. The Kier molecular flexibility index (Phi) is 3.57. The highest BCUT2D eigenvalue weighted by Crippen LogP contribution is 2.09. The van der Waals surface area contributed by atoms with Gasteiger partial charge in [0, 0.05) is 19.1 Å². The van der Waals surface area contributed by atoms with Crippen molar-refractivity contribution >= 4 is 5.91 Å². The molecule has 1 saturated heterocycles. The lowest BCUT2D eigenvalue weighted by Crippen LogP contribution is -2.53. The van der Waals surface area contributed by atoms with Crippen LogP contribution in [0, 0.1) is 0 Å². The zero-order valence-electron chi connectivity index (χ0n) is 9.65. The predicted molar refractivity (Wildman–Crippen MR) is 63.9 cm³/mol. The fourth-order valence-electron chi connectivity index (χ4n) is 2.09. The Morgan fingerprint density at radius 3 is 2.81 bits per heavy atom. The summed E-state index contributed by atoms with van der Waals surface area (Å²) in [7, 11) is 0. The Hall–Kier alpha value is -1.35. The van der Waals surface area contributed by atoms with Gasteiger partial charge in [-0.1, -0.05) is 37.3 Å². The van der Waals surface area contributed by atoms with Crippen molar-refractivity contribution in [3.63, 3.8) is 0 Å². The third kappa shape index (κ3) is 2.83. The zero-order valence-corrected chi connectivity index (χ0v) is 9.65. The van der Waals surface area contributed by atoms with Crippen molar-refractivity contribution in [1.29, 1.82) is 0 Å². The molecule has 1 fully saturated rings. The third-order valence-corrected chi connectivity index (χ3v) is 2.95. The largest absolute Gasteiger partial charge is 0.351 e. The molecule has 1 aliphatic rings. The number of carbonyl (C=O) groups is 1. The number of amides is 1. The number of piperazine rings is 1. The second kappa shape index (κ2) is 5.12. The third-order valence-electron chi connectivity index (χ3n) is 2.95. The van der Waals surface area contributed by atoms with Gasteiger partial charge in [0.15, 0.2) is 0 Å². The summed E-state index contributed by atoms with van der Waals surface area (Å²) in [6.45, 7) is 4.45. The van der Waals surface area contributed by atoms with Crippen molar-refractivity contribution in [2.75, 3.05) is 13.1 Å². The minimum absolute atomic E-state index is 0.147. The van der Waals surface area contributed by atoms with E-state index in [1.165, 1.54) is 5.56 Å². The summed E-state index contributed by atoms with van der Waals surface area (Å²) in [4.78, 5) is 13.7. The van der Waals surface area contributed by atoms with E-state index in [0.29, 0.717) is 12.6 Å².